The molecule has 4 aromatic carbocycles. The molecule has 2 bridgehead atoms. The molecule has 4 aliphatic heterocycles. The van der Waals surface area contributed by atoms with Crippen LogP contribution in [0.1, 0.15) is 57.4 Å². The van der Waals surface area contributed by atoms with Crippen molar-refractivity contribution in [2.24, 2.45) is 5.10 Å². The van der Waals surface area contributed by atoms with Crippen molar-refractivity contribution < 1.29 is 39.4 Å². The number of aromatic hydroxyl groups is 3. The average molecular weight is 731 g/mol. The number of esters is 1. The van der Waals surface area contributed by atoms with Gasteiger partial charge < -0.3 is 40.0 Å². The van der Waals surface area contributed by atoms with Gasteiger partial charge in [0.25, 0.3) is 0 Å². The highest BCUT2D eigenvalue weighted by molar-refractivity contribution is 7.80. The molecule has 4 atom stereocenters. The number of piperidine rings is 1. The summed E-state index contributed by atoms with van der Waals surface area (Å²) < 4.78 is 18.8. The molecule has 0 aromatic heterocycles. The number of carbonyl (C=O) groups is 1. The van der Waals surface area contributed by atoms with Crippen LogP contribution in [-0.2, 0) is 22.2 Å². The van der Waals surface area contributed by atoms with Crippen LogP contribution in [0.3, 0.4) is 0 Å². The molecule has 6 aliphatic rings. The standard InChI is InChI=1S/C40H34N4O8S/c1-2-14-44-15-13-38-33-20-3-10-29(47)34(33)51-35(38)28(11-12-39(38,49)32(44)16-20)42-43-37(53)41-21-4-7-25-24(17-21)36(48)52-40(25)26-8-5-22(45)18-30(26)50-31-19-23(46)6-9-27(31)40/h2-10,17-19,32,35,45-47,49H,1,11-16H2,(H2,41,43,53). The lowest BCUT2D eigenvalue weighted by Gasteiger charge is -2.63. The number of hydrazone groups is 1. The minimum atomic E-state index is -1.38. The second-order valence-corrected chi connectivity index (χ2v) is 15.0. The summed E-state index contributed by atoms with van der Waals surface area (Å²) >= 11 is 5.67. The van der Waals surface area contributed by atoms with Crippen LogP contribution in [0.25, 0.3) is 0 Å². The average Bonchev–Trinajstić information content (AvgIpc) is 3.63. The fourth-order valence-electron chi connectivity index (χ4n) is 9.99. The number of anilines is 1. The summed E-state index contributed by atoms with van der Waals surface area (Å²) in [4.78, 5) is 15.9. The molecule has 1 saturated carbocycles. The number of aliphatic hydroxyl groups is 1. The van der Waals surface area contributed by atoms with Gasteiger partial charge in [-0.05, 0) is 85.9 Å². The Morgan fingerprint density at radius 3 is 2.47 bits per heavy atom. The summed E-state index contributed by atoms with van der Waals surface area (Å²) in [7, 11) is 0. The normalized spacial score (nSPS) is 27.0. The van der Waals surface area contributed by atoms with E-state index in [4.69, 9.17) is 31.5 Å². The first-order valence-electron chi connectivity index (χ1n) is 17.5. The number of nitrogens with one attached hydrogen (secondary N) is 2. The van der Waals surface area contributed by atoms with E-state index in [0.29, 0.717) is 83.1 Å². The Balaban J connectivity index is 0.948. The van der Waals surface area contributed by atoms with E-state index >= 15 is 0 Å². The zero-order valence-corrected chi connectivity index (χ0v) is 29.1. The molecule has 4 heterocycles. The van der Waals surface area contributed by atoms with E-state index in [-0.39, 0.29) is 28.4 Å². The third kappa shape index (κ3) is 4.15. The number of carbonyl (C=O) groups excluding carboxylic acids is 1. The molecule has 2 spiro atoms. The molecule has 10 rings (SSSR count). The Morgan fingerprint density at radius 1 is 1.00 bits per heavy atom. The fourth-order valence-corrected chi connectivity index (χ4v) is 10.2. The molecule has 2 fully saturated rings. The van der Waals surface area contributed by atoms with E-state index in [1.54, 1.807) is 36.4 Å². The maximum Gasteiger partial charge on any atom is 0.340 e. The van der Waals surface area contributed by atoms with Gasteiger partial charge in [-0.1, -0.05) is 18.2 Å². The number of likely N-dealkylation sites (tertiary alicyclic amines) is 1. The number of nitrogens with zero attached hydrogens (tertiary/aromatic N) is 2. The molecule has 268 valence electrons. The van der Waals surface area contributed by atoms with Crippen LogP contribution in [0.15, 0.2) is 84.5 Å². The Hall–Kier alpha value is -5.63. The van der Waals surface area contributed by atoms with Gasteiger partial charge in [-0.3, -0.25) is 10.3 Å². The molecule has 13 heteroatoms. The van der Waals surface area contributed by atoms with Crippen molar-refractivity contribution in [1.29, 1.82) is 0 Å². The molecule has 0 amide bonds. The largest absolute Gasteiger partial charge is 0.508 e. The maximum absolute atomic E-state index is 13.6. The molecule has 6 N–H and O–H groups in total. The summed E-state index contributed by atoms with van der Waals surface area (Å²) in [6.07, 6.45) is 3.46. The van der Waals surface area contributed by atoms with Gasteiger partial charge >= 0.3 is 5.97 Å². The van der Waals surface area contributed by atoms with E-state index in [1.165, 1.54) is 24.3 Å². The second-order valence-electron chi connectivity index (χ2n) is 14.6. The predicted octanol–water partition coefficient (Wildman–Crippen LogP) is 5.05. The minimum Gasteiger partial charge on any atom is -0.508 e. The van der Waals surface area contributed by atoms with Gasteiger partial charge in [0, 0.05) is 59.2 Å². The van der Waals surface area contributed by atoms with Crippen molar-refractivity contribution in [1.82, 2.24) is 10.3 Å². The zero-order chi connectivity index (χ0) is 36.4. The molecule has 2 aliphatic carbocycles. The van der Waals surface area contributed by atoms with Gasteiger partial charge in [0.15, 0.2) is 28.3 Å². The lowest BCUT2D eigenvalue weighted by Crippen LogP contribution is -2.76. The summed E-state index contributed by atoms with van der Waals surface area (Å²) in [6.45, 7) is 5.35. The smallest absolute Gasteiger partial charge is 0.340 e. The monoisotopic (exact) mass is 730 g/mol. The van der Waals surface area contributed by atoms with E-state index in [0.717, 1.165) is 17.7 Å². The molecular formula is C40H34N4O8S. The van der Waals surface area contributed by atoms with E-state index < -0.39 is 28.7 Å². The number of fused-ring (bicyclic) bond motifs is 6. The van der Waals surface area contributed by atoms with Gasteiger partial charge in [-0.25, -0.2) is 4.79 Å². The van der Waals surface area contributed by atoms with Crippen molar-refractivity contribution in [2.75, 3.05) is 18.4 Å². The summed E-state index contributed by atoms with van der Waals surface area (Å²) in [5.41, 5.74) is 4.80. The molecule has 53 heavy (non-hydrogen) atoms. The Morgan fingerprint density at radius 2 is 1.74 bits per heavy atom. The number of hydrogen-bond donors (Lipinski definition) is 6. The quantitative estimate of drug-likeness (QED) is 0.0718. The highest BCUT2D eigenvalue weighted by Crippen LogP contribution is 2.65. The SMILES string of the molecule is C=CCN1CCC23c4c5ccc(O)c4OC2C(=NNC(=S)Nc2ccc4c(c2)C(=O)OC42c4ccc(O)cc4Oc4cc(O)ccc42)CCC3(O)C1C5. The first-order valence-corrected chi connectivity index (χ1v) is 17.9. The number of phenolic OH excluding ortho intramolecular Hbond substituents is 3. The first-order chi connectivity index (χ1) is 25.6. The molecule has 4 aromatic rings. The summed E-state index contributed by atoms with van der Waals surface area (Å²) in [6, 6.07) is 17.9. The third-order valence-electron chi connectivity index (χ3n) is 12.1. The maximum atomic E-state index is 13.6. The van der Waals surface area contributed by atoms with Crippen molar-refractivity contribution in [3.8, 4) is 34.5 Å². The van der Waals surface area contributed by atoms with Crippen LogP contribution < -0.4 is 20.2 Å². The van der Waals surface area contributed by atoms with Crippen LogP contribution in [0, 0.1) is 0 Å². The van der Waals surface area contributed by atoms with Gasteiger partial charge in [0.1, 0.15) is 23.0 Å². The van der Waals surface area contributed by atoms with Crippen LogP contribution >= 0.6 is 12.2 Å². The van der Waals surface area contributed by atoms with Crippen LogP contribution in [0.4, 0.5) is 5.69 Å². The minimum absolute atomic E-state index is 0.0245. The van der Waals surface area contributed by atoms with Crippen LogP contribution in [0.2, 0.25) is 0 Å². The molecule has 0 radical (unpaired) electrons. The summed E-state index contributed by atoms with van der Waals surface area (Å²) in [5, 5.41) is 52.0. The van der Waals surface area contributed by atoms with Crippen molar-refractivity contribution in [3.63, 3.8) is 0 Å². The number of ether oxygens (including phenoxy) is 3. The number of rotatable bonds is 4. The van der Waals surface area contributed by atoms with E-state index in [1.807, 2.05) is 12.1 Å². The molecule has 1 saturated heterocycles. The topological polar surface area (TPSA) is 165 Å². The third-order valence-corrected chi connectivity index (χ3v) is 12.3. The molecule has 12 nitrogen and oxygen atoms in total. The van der Waals surface area contributed by atoms with E-state index in [9.17, 15) is 25.2 Å². The Bertz CT molecular complexity index is 2310. The van der Waals surface area contributed by atoms with E-state index in [2.05, 4.69) is 22.2 Å². The highest BCUT2D eigenvalue weighted by Gasteiger charge is 2.72. The van der Waals surface area contributed by atoms with Crippen molar-refractivity contribution in [2.45, 2.75) is 54.4 Å². The fraction of sp³-hybridized carbons (Fsp3) is 0.275. The number of phenols is 3. The first kappa shape index (κ1) is 32.1. The zero-order valence-electron chi connectivity index (χ0n) is 28.3. The lowest BCUT2D eigenvalue weighted by molar-refractivity contribution is -0.163. The highest BCUT2D eigenvalue weighted by atomic mass is 32.1. The van der Waals surface area contributed by atoms with Crippen LogP contribution in [0.5, 0.6) is 34.5 Å². The second kappa shape index (κ2) is 10.9. The summed E-state index contributed by atoms with van der Waals surface area (Å²) in [5.74, 6) is 0.440. The van der Waals surface area contributed by atoms with Crippen LogP contribution in [-0.4, -0.2) is 73.0 Å². The number of benzene rings is 4. The van der Waals surface area contributed by atoms with Crippen molar-refractivity contribution in [3.05, 3.63) is 113 Å². The lowest BCUT2D eigenvalue weighted by atomic mass is 9.49. The predicted molar refractivity (Wildman–Crippen MR) is 197 cm³/mol. The van der Waals surface area contributed by atoms with Gasteiger partial charge in [0.05, 0.1) is 22.3 Å². The van der Waals surface area contributed by atoms with Gasteiger partial charge in [0.2, 0.25) is 0 Å². The Kier molecular flexibility index (Phi) is 6.62. The number of hydrogen-bond acceptors (Lipinski definition) is 11. The van der Waals surface area contributed by atoms with Gasteiger partial charge in [-0.15, -0.1) is 6.58 Å². The van der Waals surface area contributed by atoms with Crippen molar-refractivity contribution >= 4 is 34.7 Å². The number of thiocarbonyl (C=S) groups is 1. The van der Waals surface area contributed by atoms with Gasteiger partial charge in [-0.2, -0.15) is 5.10 Å². The molecule has 4 unspecified atom stereocenters. The molecular weight excluding hydrogens is 697 g/mol. The Labute approximate surface area is 308 Å².